The SMILES string of the molecule is CCC(C)(C)C(=O)OC1CCC(C(C)(C)C)CC1.CCC(C)C(=O)OC1CC2CC1C1CC=CC21.CCC(C)C(=O)OC1CC2CCC1(C)C2(C)C.CCC(C)C(=O)OCC1(CC)COCOC1.CCCCCCCCCc1ccc(OCCOCCOCCOCCOC(=O)C(C)(C)CC)cc1. The molecule has 0 aromatic heterocycles. The summed E-state index contributed by atoms with van der Waals surface area (Å²) < 4.78 is 60.5. The molecule has 16 nitrogen and oxygen atoms in total. The normalized spacial score (nSPS) is 25.7. The third-order valence-corrected chi connectivity index (χ3v) is 25.2. The van der Waals surface area contributed by atoms with E-state index in [1.807, 2.05) is 95.2 Å². The maximum atomic E-state index is 12.0. The number of ether oxygens (including phenoxy) is 11. The van der Waals surface area contributed by atoms with Crippen LogP contribution in [0, 0.1) is 85.8 Å². The van der Waals surface area contributed by atoms with Crippen molar-refractivity contribution < 1.29 is 76.1 Å². The van der Waals surface area contributed by atoms with E-state index in [0.29, 0.717) is 89.6 Å². The molecule has 11 unspecified atom stereocenters. The molecule has 4 bridgehead atoms. The lowest BCUT2D eigenvalue weighted by Crippen LogP contribution is -2.41. The molecule has 1 saturated heterocycles. The molecule has 16 heteroatoms. The van der Waals surface area contributed by atoms with Crippen LogP contribution in [0.4, 0.5) is 0 Å². The quantitative estimate of drug-likeness (QED) is 0.0265. The lowest BCUT2D eigenvalue weighted by atomic mass is 9.70. The number of fused-ring (bicyclic) bond motifs is 7. The zero-order chi connectivity index (χ0) is 76.4. The first-order valence-electron chi connectivity index (χ1n) is 41.1. The zero-order valence-corrected chi connectivity index (χ0v) is 68.9. The molecule has 1 aliphatic heterocycles. The average molecular weight is 1450 g/mol. The predicted octanol–water partition coefficient (Wildman–Crippen LogP) is 19.9. The summed E-state index contributed by atoms with van der Waals surface area (Å²) in [5.41, 5.74) is 1.37. The molecule has 1 aromatic carbocycles. The number of allylic oxidation sites excluding steroid dienone is 2. The first-order chi connectivity index (χ1) is 48.8. The van der Waals surface area contributed by atoms with E-state index in [2.05, 4.69) is 79.7 Å². The second-order valence-electron chi connectivity index (χ2n) is 34.6. The summed E-state index contributed by atoms with van der Waals surface area (Å²) in [6, 6.07) is 8.43. The highest BCUT2D eigenvalue weighted by atomic mass is 16.7. The van der Waals surface area contributed by atoms with Crippen LogP contribution < -0.4 is 4.74 Å². The second-order valence-corrected chi connectivity index (χ2v) is 34.6. The van der Waals surface area contributed by atoms with Crippen LogP contribution in [-0.4, -0.2) is 128 Å². The van der Waals surface area contributed by atoms with Crippen LogP contribution in [-0.2, 0) is 77.8 Å². The predicted molar refractivity (Wildman–Crippen MR) is 411 cm³/mol. The summed E-state index contributed by atoms with van der Waals surface area (Å²) in [4.78, 5) is 59.2. The van der Waals surface area contributed by atoms with Crippen LogP contribution in [0.2, 0.25) is 0 Å². The van der Waals surface area contributed by atoms with Gasteiger partial charge in [-0.05, 0) is 207 Å². The van der Waals surface area contributed by atoms with Crippen LogP contribution in [0.3, 0.4) is 0 Å². The van der Waals surface area contributed by atoms with Crippen LogP contribution in [0.5, 0.6) is 5.75 Å². The molecule has 6 fully saturated rings. The summed E-state index contributed by atoms with van der Waals surface area (Å²) in [6.07, 6.45) is 32.5. The number of aryl methyl sites for hydroxylation is 1. The molecule has 8 rings (SSSR count). The number of carbonyl (C=O) groups excluding carboxylic acids is 5. The summed E-state index contributed by atoms with van der Waals surface area (Å²) in [5.74, 6) is 5.18. The Labute approximate surface area is 626 Å². The Kier molecular flexibility index (Phi) is 40.5. The molecule has 1 heterocycles. The Hall–Kier alpha value is -4.09. The van der Waals surface area contributed by atoms with Crippen LogP contribution in [0.1, 0.15) is 292 Å². The van der Waals surface area contributed by atoms with Crippen LogP contribution >= 0.6 is 0 Å². The van der Waals surface area contributed by atoms with Gasteiger partial charge >= 0.3 is 29.8 Å². The first kappa shape index (κ1) is 91.3. The van der Waals surface area contributed by atoms with Crippen molar-refractivity contribution in [1.29, 1.82) is 0 Å². The molecule has 0 spiro atoms. The van der Waals surface area contributed by atoms with Crippen molar-refractivity contribution in [1.82, 2.24) is 0 Å². The van der Waals surface area contributed by atoms with Gasteiger partial charge in [-0.3, -0.25) is 24.0 Å². The number of hydrogen-bond donors (Lipinski definition) is 0. The molecule has 0 amide bonds. The Morgan fingerprint density at radius 3 is 1.62 bits per heavy atom. The van der Waals surface area contributed by atoms with Crippen LogP contribution in [0.25, 0.3) is 0 Å². The fourth-order valence-corrected chi connectivity index (χ4v) is 15.2. The Morgan fingerprint density at radius 1 is 0.563 bits per heavy atom. The van der Waals surface area contributed by atoms with E-state index in [9.17, 15) is 24.0 Å². The van der Waals surface area contributed by atoms with Crippen molar-refractivity contribution in [2.45, 2.75) is 311 Å². The second kappa shape index (κ2) is 45.7. The fraction of sp³-hybridized carbons (Fsp3) is 0.851. The Balaban J connectivity index is 0.000000284. The molecule has 5 saturated carbocycles. The van der Waals surface area contributed by atoms with Crippen molar-refractivity contribution in [2.24, 2.45) is 85.8 Å². The van der Waals surface area contributed by atoms with Gasteiger partial charge in [0, 0.05) is 5.41 Å². The first-order valence-corrected chi connectivity index (χ1v) is 41.1. The number of rotatable bonds is 37. The highest BCUT2D eigenvalue weighted by Crippen LogP contribution is 2.66. The molecule has 6 aliphatic carbocycles. The number of benzene rings is 1. The topological polar surface area (TPSA) is 187 Å². The monoisotopic (exact) mass is 1450 g/mol. The minimum atomic E-state index is -0.439. The van der Waals surface area contributed by atoms with E-state index in [0.717, 1.165) is 106 Å². The van der Waals surface area contributed by atoms with Gasteiger partial charge in [0.2, 0.25) is 0 Å². The van der Waals surface area contributed by atoms with Gasteiger partial charge in [-0.2, -0.15) is 0 Å². The minimum absolute atomic E-state index is 0.00192. The number of esters is 5. The van der Waals surface area contributed by atoms with Gasteiger partial charge < -0.3 is 52.1 Å². The Bertz CT molecular complexity index is 2590. The van der Waals surface area contributed by atoms with E-state index in [1.54, 1.807) is 0 Å². The van der Waals surface area contributed by atoms with Crippen molar-refractivity contribution in [3.05, 3.63) is 42.0 Å². The molecule has 594 valence electrons. The number of hydrogen-bond acceptors (Lipinski definition) is 16. The molecular formula is C87H150O16. The minimum Gasteiger partial charge on any atom is -0.491 e. The molecule has 103 heavy (non-hydrogen) atoms. The molecule has 0 radical (unpaired) electrons. The maximum absolute atomic E-state index is 12.0. The summed E-state index contributed by atoms with van der Waals surface area (Å²) >= 11 is 0. The van der Waals surface area contributed by atoms with Gasteiger partial charge in [0.25, 0.3) is 0 Å². The standard InChI is InChI=1S/C29H50O6.C16H30O2.C15H22O2.C15H26O2.C12H22O4/c1-5-7-8-9-10-11-12-13-26-14-16-27(17-15-26)34-24-22-32-20-18-31-19-21-33-23-25-35-28(30)29(3,4)6-2;1-7-16(5,6)14(17)18-13-10-8-12(9-11-13)15(2,3)4;1-3-9(2)15(16)17-14-8-10-7-13(14)12-6-4-5-11(10)12;1-6-10(2)13(16)17-12-9-11-7-8-15(12,5)14(11,3)4;1-4-10(3)11(13)16-8-12(5-2)6-14-9-15-7-12/h14-17H,5-13,18-25H2,1-4H3;12-13H,7-11H2,1-6H3;4-5,9-14H,3,6-8H2,1-2H3;10-12H,6-9H2,1-5H3;10H,4-9H2,1-3H3. The summed E-state index contributed by atoms with van der Waals surface area (Å²) in [7, 11) is 0. The molecule has 0 N–H and O–H groups in total. The largest absolute Gasteiger partial charge is 0.491 e. The number of unbranched alkanes of at least 4 members (excludes halogenated alkanes) is 6. The van der Waals surface area contributed by atoms with Gasteiger partial charge in [0.15, 0.2) is 0 Å². The van der Waals surface area contributed by atoms with Crippen molar-refractivity contribution in [3.63, 3.8) is 0 Å². The highest BCUT2D eigenvalue weighted by molar-refractivity contribution is 5.76. The maximum Gasteiger partial charge on any atom is 0.311 e. The van der Waals surface area contributed by atoms with Gasteiger partial charge in [0.1, 0.15) is 50.7 Å². The van der Waals surface area contributed by atoms with Crippen LogP contribution in [0.15, 0.2) is 36.4 Å². The smallest absolute Gasteiger partial charge is 0.311 e. The molecule has 11 atom stereocenters. The Morgan fingerprint density at radius 2 is 1.10 bits per heavy atom. The zero-order valence-electron chi connectivity index (χ0n) is 68.9. The molecular weight excluding hydrogens is 1300 g/mol. The van der Waals surface area contributed by atoms with Crippen molar-refractivity contribution in [3.8, 4) is 5.75 Å². The van der Waals surface area contributed by atoms with Crippen molar-refractivity contribution in [2.75, 3.05) is 79.5 Å². The van der Waals surface area contributed by atoms with E-state index in [4.69, 9.17) is 52.1 Å². The van der Waals surface area contributed by atoms with Gasteiger partial charge in [-0.15, -0.1) is 0 Å². The van der Waals surface area contributed by atoms with Gasteiger partial charge in [-0.1, -0.05) is 174 Å². The third kappa shape index (κ3) is 29.4. The highest BCUT2D eigenvalue weighted by Gasteiger charge is 2.63. The molecule has 1 aromatic rings. The van der Waals surface area contributed by atoms with E-state index in [1.165, 1.54) is 89.0 Å². The third-order valence-electron chi connectivity index (χ3n) is 25.2. The van der Waals surface area contributed by atoms with Crippen molar-refractivity contribution >= 4 is 29.8 Å². The molecule has 7 aliphatic rings. The lowest BCUT2D eigenvalue weighted by Gasteiger charge is -2.38. The van der Waals surface area contributed by atoms with Gasteiger partial charge in [-0.25, -0.2) is 0 Å². The number of carbonyl (C=O) groups is 5. The summed E-state index contributed by atoms with van der Waals surface area (Å²) in [6.45, 7) is 47.5. The van der Waals surface area contributed by atoms with E-state index in [-0.39, 0.29) is 88.8 Å². The van der Waals surface area contributed by atoms with E-state index < -0.39 is 5.41 Å². The fourth-order valence-electron chi connectivity index (χ4n) is 15.2. The van der Waals surface area contributed by atoms with E-state index >= 15 is 0 Å². The average Bonchev–Trinajstić information content (AvgIpc) is 1.56. The van der Waals surface area contributed by atoms with Gasteiger partial charge in [0.05, 0.1) is 86.9 Å². The summed E-state index contributed by atoms with van der Waals surface area (Å²) in [5, 5.41) is 0. The lowest BCUT2D eigenvalue weighted by molar-refractivity contribution is -0.188.